The molecular weight excluding hydrogens is 292 g/mol. The lowest BCUT2D eigenvalue weighted by Gasteiger charge is -2.16. The Hall–Kier alpha value is -2.40. The van der Waals surface area contributed by atoms with Crippen molar-refractivity contribution in [1.82, 2.24) is 10.3 Å². The van der Waals surface area contributed by atoms with Crippen molar-refractivity contribution in [3.63, 3.8) is 0 Å². The van der Waals surface area contributed by atoms with Gasteiger partial charge in [0, 0.05) is 11.3 Å². The van der Waals surface area contributed by atoms with E-state index in [0.29, 0.717) is 23.4 Å². The number of Topliss-reactive ketones (excluding diaryl/α,β-unsaturated/α-hetero) is 1. The van der Waals surface area contributed by atoms with Gasteiger partial charge in [0.2, 0.25) is 0 Å². The van der Waals surface area contributed by atoms with Gasteiger partial charge in [-0.05, 0) is 31.4 Å². The molecule has 1 heterocycles. The number of carbonyl (C=O) groups excluding carboxylic acids is 2. The average molecular weight is 314 g/mol. The first kappa shape index (κ1) is 17.0. The van der Waals surface area contributed by atoms with E-state index < -0.39 is 6.04 Å². The molecule has 0 radical (unpaired) electrons. The van der Waals surface area contributed by atoms with Crippen LogP contribution in [0.25, 0.3) is 0 Å². The predicted molar refractivity (Wildman–Crippen MR) is 88.6 cm³/mol. The smallest absolute Gasteiger partial charge is 0.268 e. The molecular formula is C18H22N2O3. The number of carbonyl (C=O) groups is 2. The highest BCUT2D eigenvalue weighted by Crippen LogP contribution is 2.21. The number of aliphatic hydroxyl groups is 1. The average Bonchev–Trinajstić information content (AvgIpc) is 2.90. The molecule has 1 atom stereocenters. The lowest BCUT2D eigenvalue weighted by Crippen LogP contribution is -2.31. The van der Waals surface area contributed by atoms with Crippen molar-refractivity contribution in [3.05, 3.63) is 58.4 Å². The van der Waals surface area contributed by atoms with Gasteiger partial charge in [0.05, 0.1) is 12.6 Å². The molecule has 0 aliphatic rings. The minimum atomic E-state index is -0.488. The van der Waals surface area contributed by atoms with E-state index in [0.717, 1.165) is 11.1 Å². The monoisotopic (exact) mass is 314 g/mol. The van der Waals surface area contributed by atoms with Crippen LogP contribution in [0.1, 0.15) is 57.6 Å². The maximum Gasteiger partial charge on any atom is 0.268 e. The summed E-state index contributed by atoms with van der Waals surface area (Å²) >= 11 is 0. The van der Waals surface area contributed by atoms with E-state index in [1.807, 2.05) is 37.3 Å². The van der Waals surface area contributed by atoms with E-state index in [9.17, 15) is 14.7 Å². The molecule has 122 valence electrons. The molecule has 1 unspecified atom stereocenters. The number of benzene rings is 1. The highest BCUT2D eigenvalue weighted by atomic mass is 16.3. The summed E-state index contributed by atoms with van der Waals surface area (Å²) in [5.74, 6) is -0.378. The van der Waals surface area contributed by atoms with Crippen molar-refractivity contribution >= 4 is 11.7 Å². The Balaban J connectivity index is 2.30. The molecule has 1 amide bonds. The van der Waals surface area contributed by atoms with Crippen LogP contribution in [0, 0.1) is 6.92 Å². The van der Waals surface area contributed by atoms with Gasteiger partial charge >= 0.3 is 0 Å². The third kappa shape index (κ3) is 3.51. The third-order valence-electron chi connectivity index (χ3n) is 3.91. The molecule has 0 bridgehead atoms. The molecule has 1 aromatic carbocycles. The summed E-state index contributed by atoms with van der Waals surface area (Å²) in [6.45, 7) is 4.99. The summed E-state index contributed by atoms with van der Waals surface area (Å²) in [6, 6.07) is 8.80. The molecule has 5 heteroatoms. The van der Waals surface area contributed by atoms with Gasteiger partial charge < -0.3 is 15.4 Å². The zero-order valence-electron chi connectivity index (χ0n) is 13.6. The maximum absolute atomic E-state index is 12.6. The van der Waals surface area contributed by atoms with Gasteiger partial charge in [-0.15, -0.1) is 0 Å². The Bertz CT molecular complexity index is 705. The molecule has 0 saturated heterocycles. The first-order chi connectivity index (χ1) is 11.0. The normalized spacial score (nSPS) is 12.0. The third-order valence-corrected chi connectivity index (χ3v) is 3.91. The number of hydrogen-bond donors (Lipinski definition) is 3. The largest absolute Gasteiger partial charge is 0.394 e. The number of aromatic amines is 1. The number of hydrogen-bond acceptors (Lipinski definition) is 3. The lowest BCUT2D eigenvalue weighted by molar-refractivity contribution is 0.0910. The molecule has 2 rings (SSSR count). The molecule has 0 spiro atoms. The fraction of sp³-hybridized carbons (Fsp3) is 0.333. The first-order valence-electron chi connectivity index (χ1n) is 7.68. The second-order valence-corrected chi connectivity index (χ2v) is 5.51. The molecule has 0 fully saturated rings. The maximum atomic E-state index is 12.6. The quantitative estimate of drug-likeness (QED) is 0.717. The van der Waals surface area contributed by atoms with Crippen LogP contribution in [0.15, 0.2) is 30.3 Å². The van der Waals surface area contributed by atoms with Crippen molar-refractivity contribution in [2.45, 2.75) is 33.2 Å². The predicted octanol–water partition coefficient (Wildman–Crippen LogP) is 2.55. The SMILES string of the molecule is CCc1c(C(=O)NC(CO)c2ccccc2)[nH]c(C)c1C(C)=O. The number of ketones is 1. The van der Waals surface area contributed by atoms with Gasteiger partial charge in [0.15, 0.2) is 5.78 Å². The highest BCUT2D eigenvalue weighted by molar-refractivity contribution is 6.02. The van der Waals surface area contributed by atoms with Crippen LogP contribution in [0.4, 0.5) is 0 Å². The van der Waals surface area contributed by atoms with Crippen molar-refractivity contribution in [3.8, 4) is 0 Å². The molecule has 0 aliphatic heterocycles. The standard InChI is InChI=1S/C18H22N2O3/c1-4-14-16(12(3)22)11(2)19-17(14)18(23)20-15(10-21)13-8-6-5-7-9-13/h5-9,15,19,21H,4,10H2,1-3H3,(H,20,23). The van der Waals surface area contributed by atoms with Gasteiger partial charge in [-0.3, -0.25) is 9.59 Å². The number of rotatable bonds is 6. The zero-order valence-corrected chi connectivity index (χ0v) is 13.6. The van der Waals surface area contributed by atoms with Crippen molar-refractivity contribution in [2.75, 3.05) is 6.61 Å². The van der Waals surface area contributed by atoms with Gasteiger partial charge in [0.1, 0.15) is 5.69 Å². The first-order valence-corrected chi connectivity index (χ1v) is 7.68. The van der Waals surface area contributed by atoms with E-state index in [1.54, 1.807) is 6.92 Å². The van der Waals surface area contributed by atoms with Crippen LogP contribution >= 0.6 is 0 Å². The summed E-state index contributed by atoms with van der Waals surface area (Å²) < 4.78 is 0. The highest BCUT2D eigenvalue weighted by Gasteiger charge is 2.23. The molecule has 2 aromatic rings. The number of amides is 1. The fourth-order valence-corrected chi connectivity index (χ4v) is 2.85. The Morgan fingerprint density at radius 3 is 2.43 bits per heavy atom. The Morgan fingerprint density at radius 1 is 1.26 bits per heavy atom. The number of aromatic nitrogens is 1. The molecule has 23 heavy (non-hydrogen) atoms. The second-order valence-electron chi connectivity index (χ2n) is 5.51. The summed E-state index contributed by atoms with van der Waals surface area (Å²) in [5.41, 5.74) is 3.22. The summed E-state index contributed by atoms with van der Waals surface area (Å²) in [4.78, 5) is 27.4. The molecule has 5 nitrogen and oxygen atoms in total. The number of aliphatic hydroxyl groups excluding tert-OH is 1. The van der Waals surface area contributed by atoms with Gasteiger partial charge in [-0.1, -0.05) is 37.3 Å². The molecule has 1 aromatic heterocycles. The van der Waals surface area contributed by atoms with E-state index in [-0.39, 0.29) is 18.3 Å². The van der Waals surface area contributed by atoms with Crippen molar-refractivity contribution in [1.29, 1.82) is 0 Å². The van der Waals surface area contributed by atoms with Crippen LogP contribution in [-0.4, -0.2) is 28.4 Å². The van der Waals surface area contributed by atoms with E-state index >= 15 is 0 Å². The summed E-state index contributed by atoms with van der Waals surface area (Å²) in [7, 11) is 0. The van der Waals surface area contributed by atoms with Gasteiger partial charge in [-0.2, -0.15) is 0 Å². The molecule has 3 N–H and O–H groups in total. The lowest BCUT2D eigenvalue weighted by atomic mass is 10.0. The van der Waals surface area contributed by atoms with Crippen molar-refractivity contribution < 1.29 is 14.7 Å². The van der Waals surface area contributed by atoms with E-state index in [2.05, 4.69) is 10.3 Å². The minimum absolute atomic E-state index is 0.0589. The second kappa shape index (κ2) is 7.24. The van der Waals surface area contributed by atoms with Gasteiger partial charge in [-0.25, -0.2) is 0 Å². The Kier molecular flexibility index (Phi) is 5.34. The molecule has 0 saturated carbocycles. The van der Waals surface area contributed by atoms with Crippen molar-refractivity contribution in [2.24, 2.45) is 0 Å². The summed E-state index contributed by atoms with van der Waals surface area (Å²) in [5, 5.41) is 12.4. The summed E-state index contributed by atoms with van der Waals surface area (Å²) in [6.07, 6.45) is 0.580. The number of nitrogens with one attached hydrogen (secondary N) is 2. The fourth-order valence-electron chi connectivity index (χ4n) is 2.85. The van der Waals surface area contributed by atoms with E-state index in [4.69, 9.17) is 0 Å². The number of aryl methyl sites for hydroxylation is 1. The topological polar surface area (TPSA) is 82.2 Å². The Labute approximate surface area is 135 Å². The zero-order chi connectivity index (χ0) is 17.0. The van der Waals surface area contributed by atoms with Crippen LogP contribution in [0.3, 0.4) is 0 Å². The van der Waals surface area contributed by atoms with E-state index in [1.165, 1.54) is 6.92 Å². The number of H-pyrrole nitrogens is 1. The Morgan fingerprint density at radius 2 is 1.91 bits per heavy atom. The van der Waals surface area contributed by atoms with Crippen LogP contribution < -0.4 is 5.32 Å². The van der Waals surface area contributed by atoms with Crippen LogP contribution in [-0.2, 0) is 6.42 Å². The van der Waals surface area contributed by atoms with Crippen LogP contribution in [0.5, 0.6) is 0 Å². The van der Waals surface area contributed by atoms with Crippen LogP contribution in [0.2, 0.25) is 0 Å². The molecule has 0 aliphatic carbocycles. The minimum Gasteiger partial charge on any atom is -0.394 e. The van der Waals surface area contributed by atoms with Gasteiger partial charge in [0.25, 0.3) is 5.91 Å².